The molecule has 0 unspecified atom stereocenters. The van der Waals surface area contributed by atoms with Gasteiger partial charge in [-0.2, -0.15) is 0 Å². The molecule has 1 amide bonds. The van der Waals surface area contributed by atoms with Gasteiger partial charge in [0, 0.05) is 29.9 Å². The number of amides is 1. The minimum atomic E-state index is -0.0621. The number of carbonyl (C=O) groups is 1. The first-order valence-corrected chi connectivity index (χ1v) is 8.60. The van der Waals surface area contributed by atoms with Crippen LogP contribution in [-0.4, -0.2) is 31.3 Å². The van der Waals surface area contributed by atoms with Crippen molar-refractivity contribution in [2.75, 3.05) is 29.9 Å². The lowest BCUT2D eigenvalue weighted by Crippen LogP contribution is -2.29. The highest BCUT2D eigenvalue weighted by Crippen LogP contribution is 2.29. The second kappa shape index (κ2) is 6.48. The fourth-order valence-corrected chi connectivity index (χ4v) is 3.45. The van der Waals surface area contributed by atoms with Crippen LogP contribution in [0.4, 0.5) is 11.4 Å². The minimum Gasteiger partial charge on any atom is -0.372 e. The molecule has 1 fully saturated rings. The number of benzene rings is 2. The van der Waals surface area contributed by atoms with Gasteiger partial charge >= 0.3 is 0 Å². The maximum absolute atomic E-state index is 12.0. The third kappa shape index (κ3) is 2.92. The molecule has 0 bridgehead atoms. The number of hydrogen-bond donors (Lipinski definition) is 1. The number of nitrogens with one attached hydrogen (secondary N) is 1. The minimum absolute atomic E-state index is 0.0621. The van der Waals surface area contributed by atoms with Gasteiger partial charge in [0.15, 0.2) is 0 Å². The molecule has 0 spiro atoms. The zero-order chi connectivity index (χ0) is 16.4. The van der Waals surface area contributed by atoms with Crippen molar-refractivity contribution in [2.45, 2.75) is 19.3 Å². The third-order valence-corrected chi connectivity index (χ3v) is 4.68. The number of aliphatic imine (C=N–C) groups is 1. The number of benzodiazepines with no additional fused rings is 1. The first kappa shape index (κ1) is 14.9. The largest absolute Gasteiger partial charge is 0.372 e. The SMILES string of the molecule is O=C1CN=C(c2ccccc2)c2cc(N3CCCCC3)ccc2N1. The lowest BCUT2D eigenvalue weighted by atomic mass is 9.99. The van der Waals surface area contributed by atoms with Crippen LogP contribution in [0.15, 0.2) is 53.5 Å². The zero-order valence-corrected chi connectivity index (χ0v) is 13.7. The molecule has 24 heavy (non-hydrogen) atoms. The molecular weight excluding hydrogens is 298 g/mol. The normalized spacial score (nSPS) is 17.6. The Bertz CT molecular complexity index is 777. The fraction of sp³-hybridized carbons (Fsp3) is 0.300. The molecule has 2 aliphatic heterocycles. The Kier molecular flexibility index (Phi) is 4.03. The fourth-order valence-electron chi connectivity index (χ4n) is 3.45. The molecule has 0 aromatic heterocycles. The molecule has 4 heteroatoms. The average Bonchev–Trinajstić information content (AvgIpc) is 2.81. The quantitative estimate of drug-likeness (QED) is 0.921. The van der Waals surface area contributed by atoms with E-state index < -0.39 is 0 Å². The number of carbonyl (C=O) groups excluding carboxylic acids is 1. The Labute approximate surface area is 142 Å². The summed E-state index contributed by atoms with van der Waals surface area (Å²) in [6.07, 6.45) is 3.80. The maximum atomic E-state index is 12.0. The molecular formula is C20H21N3O. The van der Waals surface area contributed by atoms with E-state index in [9.17, 15) is 4.79 Å². The number of piperidine rings is 1. The molecule has 1 N–H and O–H groups in total. The van der Waals surface area contributed by atoms with Crippen LogP contribution < -0.4 is 10.2 Å². The summed E-state index contributed by atoms with van der Waals surface area (Å²) in [6, 6.07) is 16.4. The Hall–Kier alpha value is -2.62. The summed E-state index contributed by atoms with van der Waals surface area (Å²) in [5, 5.41) is 2.98. The smallest absolute Gasteiger partial charge is 0.246 e. The number of hydrogen-bond acceptors (Lipinski definition) is 3. The molecule has 2 aliphatic rings. The van der Waals surface area contributed by atoms with Crippen LogP contribution in [0.2, 0.25) is 0 Å². The summed E-state index contributed by atoms with van der Waals surface area (Å²) in [5.41, 5.74) is 5.01. The van der Waals surface area contributed by atoms with Crippen LogP contribution in [0.25, 0.3) is 0 Å². The molecule has 2 aromatic rings. The van der Waals surface area contributed by atoms with Crippen LogP contribution in [0, 0.1) is 0 Å². The Morgan fingerprint density at radius 2 is 1.75 bits per heavy atom. The first-order chi connectivity index (χ1) is 11.8. The van der Waals surface area contributed by atoms with E-state index in [0.717, 1.165) is 35.6 Å². The molecule has 1 saturated heterocycles. The van der Waals surface area contributed by atoms with Gasteiger partial charge in [-0.25, -0.2) is 0 Å². The Morgan fingerprint density at radius 1 is 0.958 bits per heavy atom. The Balaban J connectivity index is 1.79. The van der Waals surface area contributed by atoms with E-state index in [0.29, 0.717) is 0 Å². The predicted octanol–water partition coefficient (Wildman–Crippen LogP) is 3.47. The highest BCUT2D eigenvalue weighted by Gasteiger charge is 2.20. The van der Waals surface area contributed by atoms with E-state index in [-0.39, 0.29) is 12.5 Å². The molecule has 2 aromatic carbocycles. The van der Waals surface area contributed by atoms with Gasteiger partial charge in [-0.1, -0.05) is 30.3 Å². The van der Waals surface area contributed by atoms with E-state index in [1.54, 1.807) is 0 Å². The van der Waals surface area contributed by atoms with Gasteiger partial charge in [0.2, 0.25) is 5.91 Å². The van der Waals surface area contributed by atoms with Crippen molar-refractivity contribution >= 4 is 23.0 Å². The molecule has 4 nitrogen and oxygen atoms in total. The third-order valence-electron chi connectivity index (χ3n) is 4.68. The molecule has 0 radical (unpaired) electrons. The maximum Gasteiger partial charge on any atom is 0.246 e. The van der Waals surface area contributed by atoms with Crippen molar-refractivity contribution < 1.29 is 4.79 Å². The lowest BCUT2D eigenvalue weighted by molar-refractivity contribution is -0.114. The van der Waals surface area contributed by atoms with Gasteiger partial charge in [-0.05, 0) is 37.5 Å². The van der Waals surface area contributed by atoms with Crippen molar-refractivity contribution in [3.8, 4) is 0 Å². The van der Waals surface area contributed by atoms with Crippen LogP contribution in [0.3, 0.4) is 0 Å². The van der Waals surface area contributed by atoms with Gasteiger partial charge in [0.25, 0.3) is 0 Å². The molecule has 0 aliphatic carbocycles. The molecule has 4 rings (SSSR count). The summed E-state index contributed by atoms with van der Waals surface area (Å²) in [7, 11) is 0. The van der Waals surface area contributed by atoms with Crippen molar-refractivity contribution in [3.63, 3.8) is 0 Å². The summed E-state index contributed by atoms with van der Waals surface area (Å²) in [5.74, 6) is -0.0621. The molecule has 122 valence electrons. The van der Waals surface area contributed by atoms with Gasteiger partial charge < -0.3 is 10.2 Å². The van der Waals surface area contributed by atoms with Crippen LogP contribution in [-0.2, 0) is 4.79 Å². The monoisotopic (exact) mass is 319 g/mol. The van der Waals surface area contributed by atoms with Gasteiger partial charge in [0.1, 0.15) is 6.54 Å². The summed E-state index contributed by atoms with van der Waals surface area (Å²) >= 11 is 0. The van der Waals surface area contributed by atoms with E-state index in [4.69, 9.17) is 0 Å². The second-order valence-corrected chi connectivity index (χ2v) is 6.36. The van der Waals surface area contributed by atoms with Crippen LogP contribution in [0.1, 0.15) is 30.4 Å². The highest BCUT2D eigenvalue weighted by atomic mass is 16.1. The average molecular weight is 319 g/mol. The second-order valence-electron chi connectivity index (χ2n) is 6.36. The molecule has 2 heterocycles. The summed E-state index contributed by atoms with van der Waals surface area (Å²) in [4.78, 5) is 19.0. The van der Waals surface area contributed by atoms with Crippen molar-refractivity contribution in [1.82, 2.24) is 0 Å². The van der Waals surface area contributed by atoms with E-state index in [2.05, 4.69) is 27.3 Å². The van der Waals surface area contributed by atoms with E-state index in [1.165, 1.54) is 24.9 Å². The lowest BCUT2D eigenvalue weighted by Gasteiger charge is -2.29. The van der Waals surface area contributed by atoms with Crippen LogP contribution >= 0.6 is 0 Å². The Morgan fingerprint density at radius 3 is 2.54 bits per heavy atom. The highest BCUT2D eigenvalue weighted by molar-refractivity contribution is 6.19. The van der Waals surface area contributed by atoms with Crippen LogP contribution in [0.5, 0.6) is 0 Å². The predicted molar refractivity (Wildman–Crippen MR) is 98.1 cm³/mol. The summed E-state index contributed by atoms with van der Waals surface area (Å²) < 4.78 is 0. The number of rotatable bonds is 2. The van der Waals surface area contributed by atoms with E-state index in [1.807, 2.05) is 36.4 Å². The molecule has 0 saturated carbocycles. The topological polar surface area (TPSA) is 44.7 Å². The molecule has 0 atom stereocenters. The number of nitrogens with zero attached hydrogens (tertiary/aromatic N) is 2. The standard InChI is InChI=1S/C20H21N3O/c24-19-14-21-20(15-7-3-1-4-8-15)17-13-16(9-10-18(17)22-19)23-11-5-2-6-12-23/h1,3-4,7-10,13H,2,5-6,11-12,14H2,(H,22,24). The van der Waals surface area contributed by atoms with Gasteiger partial charge in [-0.15, -0.1) is 0 Å². The summed E-state index contributed by atoms with van der Waals surface area (Å²) in [6.45, 7) is 2.36. The van der Waals surface area contributed by atoms with Crippen molar-refractivity contribution in [2.24, 2.45) is 4.99 Å². The number of anilines is 2. The van der Waals surface area contributed by atoms with Gasteiger partial charge in [-0.3, -0.25) is 9.79 Å². The first-order valence-electron chi connectivity index (χ1n) is 8.60. The zero-order valence-electron chi connectivity index (χ0n) is 13.7. The van der Waals surface area contributed by atoms with Crippen molar-refractivity contribution in [3.05, 3.63) is 59.7 Å². The number of fused-ring (bicyclic) bond motifs is 1. The van der Waals surface area contributed by atoms with Crippen molar-refractivity contribution in [1.29, 1.82) is 0 Å². The van der Waals surface area contributed by atoms with E-state index >= 15 is 0 Å². The van der Waals surface area contributed by atoms with Gasteiger partial charge in [0.05, 0.1) is 11.4 Å².